The molecule has 1 aromatic rings. The molecule has 1 aromatic carbocycles. The highest BCUT2D eigenvalue weighted by molar-refractivity contribution is 5.85. The van der Waals surface area contributed by atoms with Crippen molar-refractivity contribution in [3.63, 3.8) is 0 Å². The fourth-order valence-corrected chi connectivity index (χ4v) is 2.39. The summed E-state index contributed by atoms with van der Waals surface area (Å²) in [6.07, 6.45) is 0. The Hall–Kier alpha value is -1.21. The van der Waals surface area contributed by atoms with Gasteiger partial charge in [0, 0.05) is 19.6 Å². The van der Waals surface area contributed by atoms with E-state index in [9.17, 15) is 9.18 Å². The summed E-state index contributed by atoms with van der Waals surface area (Å²) in [6, 6.07) is 5.86. The second kappa shape index (κ2) is 9.05. The number of ether oxygens (including phenoxy) is 1. The molecule has 2 rings (SSSR count). The minimum atomic E-state index is -0.538. The number of nitrogens with one attached hydrogen (secondary N) is 1. The lowest BCUT2D eigenvalue weighted by Crippen LogP contribution is -2.46. The first kappa shape index (κ1) is 18.8. The number of nitrogens with two attached hydrogens (primary N) is 1. The van der Waals surface area contributed by atoms with Crippen molar-refractivity contribution in [2.75, 3.05) is 32.8 Å². The number of hydrogen-bond acceptors (Lipinski definition) is 4. The number of rotatable bonds is 5. The Labute approximate surface area is 136 Å². The molecule has 0 bridgehead atoms. The van der Waals surface area contributed by atoms with Crippen LogP contribution in [0.15, 0.2) is 24.3 Å². The van der Waals surface area contributed by atoms with Gasteiger partial charge in [-0.3, -0.25) is 9.69 Å². The minimum Gasteiger partial charge on any atom is -0.379 e. The summed E-state index contributed by atoms with van der Waals surface area (Å²) >= 11 is 0. The van der Waals surface area contributed by atoms with Crippen molar-refractivity contribution in [3.8, 4) is 0 Å². The van der Waals surface area contributed by atoms with Gasteiger partial charge in [-0.25, -0.2) is 4.39 Å². The lowest BCUT2D eigenvalue weighted by Gasteiger charge is -2.35. The fourth-order valence-electron chi connectivity index (χ4n) is 2.39. The Bertz CT molecular complexity index is 464. The molecular formula is C15H23ClFN3O2. The van der Waals surface area contributed by atoms with Gasteiger partial charge in [0.25, 0.3) is 0 Å². The highest BCUT2D eigenvalue weighted by atomic mass is 35.5. The Balaban J connectivity index is 0.00000242. The van der Waals surface area contributed by atoms with Crippen molar-refractivity contribution in [2.45, 2.75) is 19.0 Å². The Morgan fingerprint density at radius 1 is 1.36 bits per heavy atom. The van der Waals surface area contributed by atoms with Crippen LogP contribution in [0.4, 0.5) is 4.39 Å². The van der Waals surface area contributed by atoms with E-state index in [-0.39, 0.29) is 30.2 Å². The smallest absolute Gasteiger partial charge is 0.236 e. The third kappa shape index (κ3) is 5.21. The third-order valence-corrected chi connectivity index (χ3v) is 3.62. The average molecular weight is 332 g/mol. The molecule has 0 aliphatic carbocycles. The van der Waals surface area contributed by atoms with Gasteiger partial charge in [0.05, 0.1) is 25.3 Å². The molecule has 1 amide bonds. The summed E-state index contributed by atoms with van der Waals surface area (Å²) in [5.41, 5.74) is 6.54. The van der Waals surface area contributed by atoms with Crippen LogP contribution in [0.5, 0.6) is 0 Å². The van der Waals surface area contributed by atoms with E-state index in [2.05, 4.69) is 10.2 Å². The molecule has 1 fully saturated rings. The van der Waals surface area contributed by atoms with E-state index in [1.54, 1.807) is 19.1 Å². The summed E-state index contributed by atoms with van der Waals surface area (Å²) in [5, 5.41) is 2.85. The summed E-state index contributed by atoms with van der Waals surface area (Å²) in [5.74, 6) is -0.450. The minimum absolute atomic E-state index is 0. The maximum absolute atomic E-state index is 13.1. The van der Waals surface area contributed by atoms with E-state index in [4.69, 9.17) is 10.5 Å². The third-order valence-electron chi connectivity index (χ3n) is 3.62. The van der Waals surface area contributed by atoms with Gasteiger partial charge in [0.15, 0.2) is 0 Å². The fraction of sp³-hybridized carbons (Fsp3) is 0.533. The van der Waals surface area contributed by atoms with E-state index >= 15 is 0 Å². The van der Waals surface area contributed by atoms with Crippen LogP contribution in [0.3, 0.4) is 0 Å². The quantitative estimate of drug-likeness (QED) is 0.847. The molecule has 7 heteroatoms. The lowest BCUT2D eigenvalue weighted by molar-refractivity contribution is -0.122. The topological polar surface area (TPSA) is 67.6 Å². The molecule has 0 radical (unpaired) electrons. The molecule has 2 unspecified atom stereocenters. The molecular weight excluding hydrogens is 309 g/mol. The van der Waals surface area contributed by atoms with Gasteiger partial charge in [-0.1, -0.05) is 12.1 Å². The van der Waals surface area contributed by atoms with Gasteiger partial charge in [0.1, 0.15) is 5.82 Å². The average Bonchev–Trinajstić information content (AvgIpc) is 2.50. The van der Waals surface area contributed by atoms with Crippen LogP contribution in [-0.2, 0) is 9.53 Å². The molecule has 124 valence electrons. The molecule has 1 aliphatic rings. The lowest BCUT2D eigenvalue weighted by atomic mass is 10.0. The largest absolute Gasteiger partial charge is 0.379 e. The van der Waals surface area contributed by atoms with E-state index in [0.717, 1.165) is 18.7 Å². The number of halogens is 2. The number of hydrogen-bond donors (Lipinski definition) is 2. The number of amides is 1. The van der Waals surface area contributed by atoms with Crippen LogP contribution in [-0.4, -0.2) is 49.7 Å². The van der Waals surface area contributed by atoms with Crippen molar-refractivity contribution in [1.82, 2.24) is 10.2 Å². The van der Waals surface area contributed by atoms with E-state index in [1.165, 1.54) is 12.1 Å². The van der Waals surface area contributed by atoms with Crippen LogP contribution in [0.25, 0.3) is 0 Å². The van der Waals surface area contributed by atoms with Gasteiger partial charge >= 0.3 is 0 Å². The second-order valence-corrected chi connectivity index (χ2v) is 5.25. The maximum atomic E-state index is 13.1. The molecule has 22 heavy (non-hydrogen) atoms. The highest BCUT2D eigenvalue weighted by Crippen LogP contribution is 2.21. The molecule has 1 heterocycles. The molecule has 0 saturated carbocycles. The molecule has 0 spiro atoms. The molecule has 5 nitrogen and oxygen atoms in total. The Morgan fingerprint density at radius 3 is 2.50 bits per heavy atom. The second-order valence-electron chi connectivity index (χ2n) is 5.25. The molecule has 1 aliphatic heterocycles. The SMILES string of the molecule is CC(N)C(=O)NCC(c1ccc(F)cc1)N1CCOCC1.Cl. The number of morpholine rings is 1. The summed E-state index contributed by atoms with van der Waals surface area (Å²) in [6.45, 7) is 5.01. The van der Waals surface area contributed by atoms with Gasteiger partial charge in [-0.15, -0.1) is 12.4 Å². The molecule has 1 saturated heterocycles. The predicted octanol–water partition coefficient (Wildman–Crippen LogP) is 1.08. The molecule has 2 atom stereocenters. The first-order chi connectivity index (χ1) is 10.1. The van der Waals surface area contributed by atoms with Crippen molar-refractivity contribution in [1.29, 1.82) is 0 Å². The van der Waals surface area contributed by atoms with Crippen LogP contribution in [0, 0.1) is 5.82 Å². The van der Waals surface area contributed by atoms with Gasteiger partial charge in [-0.05, 0) is 24.6 Å². The zero-order valence-electron chi connectivity index (χ0n) is 12.6. The molecule has 3 N–H and O–H groups in total. The highest BCUT2D eigenvalue weighted by Gasteiger charge is 2.23. The summed E-state index contributed by atoms with van der Waals surface area (Å²) in [4.78, 5) is 13.9. The molecule has 0 aromatic heterocycles. The van der Waals surface area contributed by atoms with Crippen molar-refractivity contribution >= 4 is 18.3 Å². The number of nitrogens with zero attached hydrogens (tertiary/aromatic N) is 1. The summed E-state index contributed by atoms with van der Waals surface area (Å²) in [7, 11) is 0. The maximum Gasteiger partial charge on any atom is 0.236 e. The van der Waals surface area contributed by atoms with Gasteiger partial charge in [0.2, 0.25) is 5.91 Å². The van der Waals surface area contributed by atoms with E-state index < -0.39 is 6.04 Å². The number of carbonyl (C=O) groups is 1. The Morgan fingerprint density at radius 2 is 1.95 bits per heavy atom. The number of carbonyl (C=O) groups excluding carboxylic acids is 1. The van der Waals surface area contributed by atoms with Crippen LogP contribution >= 0.6 is 12.4 Å². The monoisotopic (exact) mass is 331 g/mol. The van der Waals surface area contributed by atoms with Crippen LogP contribution in [0.1, 0.15) is 18.5 Å². The van der Waals surface area contributed by atoms with E-state index in [1.807, 2.05) is 0 Å². The van der Waals surface area contributed by atoms with Crippen molar-refractivity contribution < 1.29 is 13.9 Å². The van der Waals surface area contributed by atoms with Gasteiger partial charge < -0.3 is 15.8 Å². The van der Waals surface area contributed by atoms with Gasteiger partial charge in [-0.2, -0.15) is 0 Å². The van der Waals surface area contributed by atoms with Crippen LogP contribution in [0.2, 0.25) is 0 Å². The van der Waals surface area contributed by atoms with Crippen LogP contribution < -0.4 is 11.1 Å². The number of benzene rings is 1. The standard InChI is InChI=1S/C15H22FN3O2.ClH/c1-11(17)15(20)18-10-14(19-6-8-21-9-7-19)12-2-4-13(16)5-3-12;/h2-5,11,14H,6-10,17H2,1H3,(H,18,20);1H. The van der Waals surface area contributed by atoms with E-state index in [0.29, 0.717) is 19.8 Å². The van der Waals surface area contributed by atoms with Crippen molar-refractivity contribution in [2.24, 2.45) is 5.73 Å². The summed E-state index contributed by atoms with van der Waals surface area (Å²) < 4.78 is 18.5. The first-order valence-electron chi connectivity index (χ1n) is 7.18. The normalized spacial score (nSPS) is 18.1. The zero-order valence-corrected chi connectivity index (χ0v) is 13.4. The zero-order chi connectivity index (χ0) is 15.2. The Kier molecular flexibility index (Phi) is 7.75. The first-order valence-corrected chi connectivity index (χ1v) is 7.18. The van der Waals surface area contributed by atoms with Crippen molar-refractivity contribution in [3.05, 3.63) is 35.6 Å². The predicted molar refractivity (Wildman–Crippen MR) is 85.4 cm³/mol.